The van der Waals surface area contributed by atoms with Crippen LogP contribution in [0.2, 0.25) is 0 Å². The summed E-state index contributed by atoms with van der Waals surface area (Å²) >= 11 is 0. The third-order valence-corrected chi connectivity index (χ3v) is 1.30. The Morgan fingerprint density at radius 3 is 2.75 bits per heavy atom. The quantitative estimate of drug-likeness (QED) is 0.742. The van der Waals surface area contributed by atoms with Crippen molar-refractivity contribution < 1.29 is 4.74 Å². The summed E-state index contributed by atoms with van der Waals surface area (Å²) in [5.41, 5.74) is 1.81. The van der Waals surface area contributed by atoms with E-state index in [0.29, 0.717) is 5.88 Å². The normalized spacial score (nSPS) is 9.17. The highest BCUT2D eigenvalue weighted by molar-refractivity contribution is 5.46. The van der Waals surface area contributed by atoms with Gasteiger partial charge in [0.05, 0.1) is 19.0 Å². The van der Waals surface area contributed by atoms with Gasteiger partial charge in [-0.1, -0.05) is 6.58 Å². The molecule has 0 radical (unpaired) electrons. The maximum atomic E-state index is 4.91. The average molecular weight is 164 g/mol. The Bertz CT molecular complexity index is 266. The lowest BCUT2D eigenvalue weighted by Crippen LogP contribution is -1.94. The summed E-state index contributed by atoms with van der Waals surface area (Å²) in [6, 6.07) is 3.69. The van der Waals surface area contributed by atoms with Crippen LogP contribution >= 0.6 is 0 Å². The molecule has 0 atom stereocenters. The van der Waals surface area contributed by atoms with Crippen molar-refractivity contribution >= 4 is 5.69 Å². The van der Waals surface area contributed by atoms with Crippen molar-refractivity contribution in [1.82, 2.24) is 4.98 Å². The monoisotopic (exact) mass is 164 g/mol. The van der Waals surface area contributed by atoms with Gasteiger partial charge >= 0.3 is 0 Å². The van der Waals surface area contributed by atoms with Gasteiger partial charge in [-0.3, -0.25) is 0 Å². The van der Waals surface area contributed by atoms with E-state index in [2.05, 4.69) is 16.9 Å². The first kappa shape index (κ1) is 8.59. The van der Waals surface area contributed by atoms with Crippen LogP contribution in [0.1, 0.15) is 6.92 Å². The zero-order valence-electron chi connectivity index (χ0n) is 7.29. The summed E-state index contributed by atoms with van der Waals surface area (Å²) in [5.74, 6) is 0.613. The van der Waals surface area contributed by atoms with Crippen LogP contribution in [0, 0.1) is 0 Å². The second-order valence-electron chi connectivity index (χ2n) is 2.49. The van der Waals surface area contributed by atoms with E-state index in [0.717, 1.165) is 11.4 Å². The van der Waals surface area contributed by atoms with Crippen molar-refractivity contribution in [2.75, 3.05) is 12.4 Å². The molecule has 1 rings (SSSR count). The number of anilines is 1. The summed E-state index contributed by atoms with van der Waals surface area (Å²) < 4.78 is 4.91. The molecule has 0 spiro atoms. The van der Waals surface area contributed by atoms with Gasteiger partial charge in [-0.15, -0.1) is 0 Å². The molecule has 12 heavy (non-hydrogen) atoms. The number of rotatable bonds is 3. The average Bonchev–Trinajstić information content (AvgIpc) is 2.05. The van der Waals surface area contributed by atoms with Gasteiger partial charge in [0.25, 0.3) is 0 Å². The van der Waals surface area contributed by atoms with Gasteiger partial charge in [0.1, 0.15) is 0 Å². The van der Waals surface area contributed by atoms with Crippen LogP contribution < -0.4 is 10.1 Å². The molecular formula is C9H12N2O. The van der Waals surface area contributed by atoms with Crippen LogP contribution in [0.15, 0.2) is 30.6 Å². The fraction of sp³-hybridized carbons (Fsp3) is 0.222. The van der Waals surface area contributed by atoms with Crippen LogP contribution in [0.25, 0.3) is 0 Å². The Hall–Kier alpha value is -1.51. The fourth-order valence-electron chi connectivity index (χ4n) is 0.821. The number of pyridine rings is 1. The van der Waals surface area contributed by atoms with E-state index in [1.807, 2.05) is 13.0 Å². The second kappa shape index (κ2) is 3.76. The first-order valence-electron chi connectivity index (χ1n) is 3.65. The molecule has 1 aromatic rings. The Balaban J connectivity index is 2.71. The minimum atomic E-state index is 0.613. The molecule has 0 unspecified atom stereocenters. The summed E-state index contributed by atoms with van der Waals surface area (Å²) in [7, 11) is 1.59. The smallest absolute Gasteiger partial charge is 0.213 e. The van der Waals surface area contributed by atoms with Gasteiger partial charge in [0.2, 0.25) is 5.88 Å². The highest BCUT2D eigenvalue weighted by Gasteiger charge is 1.93. The molecule has 0 aliphatic rings. The molecule has 0 fully saturated rings. The van der Waals surface area contributed by atoms with E-state index in [1.165, 1.54) is 0 Å². The highest BCUT2D eigenvalue weighted by Crippen LogP contribution is 2.11. The fourth-order valence-corrected chi connectivity index (χ4v) is 0.821. The third-order valence-electron chi connectivity index (χ3n) is 1.30. The molecule has 1 aromatic heterocycles. The van der Waals surface area contributed by atoms with Gasteiger partial charge in [-0.25, -0.2) is 4.98 Å². The first-order chi connectivity index (χ1) is 5.72. The zero-order chi connectivity index (χ0) is 8.97. The molecule has 3 heteroatoms. The molecule has 0 saturated carbocycles. The van der Waals surface area contributed by atoms with Crippen molar-refractivity contribution in [2.45, 2.75) is 6.92 Å². The molecular weight excluding hydrogens is 152 g/mol. The molecule has 1 N–H and O–H groups in total. The van der Waals surface area contributed by atoms with Crippen LogP contribution in [-0.4, -0.2) is 12.1 Å². The van der Waals surface area contributed by atoms with Gasteiger partial charge in [-0.2, -0.15) is 0 Å². The number of hydrogen-bond donors (Lipinski definition) is 1. The molecule has 64 valence electrons. The summed E-state index contributed by atoms with van der Waals surface area (Å²) in [6.45, 7) is 5.62. The maximum absolute atomic E-state index is 4.91. The number of nitrogens with zero attached hydrogens (tertiary/aromatic N) is 1. The molecule has 0 aliphatic carbocycles. The number of aromatic nitrogens is 1. The lowest BCUT2D eigenvalue weighted by molar-refractivity contribution is 0.398. The second-order valence-corrected chi connectivity index (χ2v) is 2.49. The van der Waals surface area contributed by atoms with Crippen molar-refractivity contribution in [1.29, 1.82) is 0 Å². The number of methoxy groups -OCH3 is 1. The van der Waals surface area contributed by atoms with Gasteiger partial charge in [0.15, 0.2) is 0 Å². The van der Waals surface area contributed by atoms with Crippen molar-refractivity contribution in [3.8, 4) is 5.88 Å². The molecule has 0 aromatic carbocycles. The van der Waals surface area contributed by atoms with E-state index in [-0.39, 0.29) is 0 Å². The zero-order valence-corrected chi connectivity index (χ0v) is 7.29. The van der Waals surface area contributed by atoms with Crippen LogP contribution in [0.3, 0.4) is 0 Å². The Morgan fingerprint density at radius 2 is 2.33 bits per heavy atom. The summed E-state index contributed by atoms with van der Waals surface area (Å²) in [5, 5.41) is 3.04. The Morgan fingerprint density at radius 1 is 1.58 bits per heavy atom. The van der Waals surface area contributed by atoms with Crippen LogP contribution in [0.5, 0.6) is 5.88 Å². The van der Waals surface area contributed by atoms with Gasteiger partial charge in [0, 0.05) is 11.8 Å². The topological polar surface area (TPSA) is 34.1 Å². The molecule has 3 nitrogen and oxygen atoms in total. The lowest BCUT2D eigenvalue weighted by atomic mass is 10.4. The minimum Gasteiger partial charge on any atom is -0.481 e. The number of allylic oxidation sites excluding steroid dienone is 1. The Labute approximate surface area is 72.1 Å². The van der Waals surface area contributed by atoms with E-state index in [1.54, 1.807) is 19.4 Å². The van der Waals surface area contributed by atoms with Crippen molar-refractivity contribution in [3.63, 3.8) is 0 Å². The highest BCUT2D eigenvalue weighted by atomic mass is 16.5. The molecule has 1 heterocycles. The van der Waals surface area contributed by atoms with Gasteiger partial charge in [-0.05, 0) is 13.0 Å². The largest absolute Gasteiger partial charge is 0.481 e. The van der Waals surface area contributed by atoms with E-state index in [4.69, 9.17) is 4.74 Å². The van der Waals surface area contributed by atoms with Gasteiger partial charge < -0.3 is 10.1 Å². The van der Waals surface area contributed by atoms with E-state index in [9.17, 15) is 0 Å². The lowest BCUT2D eigenvalue weighted by Gasteiger charge is -2.04. The molecule has 0 bridgehead atoms. The molecule has 0 saturated heterocycles. The minimum absolute atomic E-state index is 0.613. The van der Waals surface area contributed by atoms with E-state index < -0.39 is 0 Å². The first-order valence-corrected chi connectivity index (χ1v) is 3.65. The predicted molar refractivity (Wildman–Crippen MR) is 49.2 cm³/mol. The van der Waals surface area contributed by atoms with Crippen molar-refractivity contribution in [2.24, 2.45) is 0 Å². The summed E-state index contributed by atoms with van der Waals surface area (Å²) in [4.78, 5) is 4.02. The van der Waals surface area contributed by atoms with Crippen molar-refractivity contribution in [3.05, 3.63) is 30.6 Å². The predicted octanol–water partition coefficient (Wildman–Crippen LogP) is 2.04. The van der Waals surface area contributed by atoms with E-state index >= 15 is 0 Å². The van der Waals surface area contributed by atoms with Crippen LogP contribution in [0.4, 0.5) is 5.69 Å². The SMILES string of the molecule is C=C(C)Nc1ccc(OC)nc1. The summed E-state index contributed by atoms with van der Waals surface area (Å²) in [6.07, 6.45) is 1.70. The standard InChI is InChI=1S/C9H12N2O/c1-7(2)11-8-4-5-9(12-3)10-6-8/h4-6,11H,1H2,2-3H3. The number of ether oxygens (including phenoxy) is 1. The number of hydrogen-bond acceptors (Lipinski definition) is 3. The van der Waals surface area contributed by atoms with Crippen LogP contribution in [-0.2, 0) is 0 Å². The third kappa shape index (κ3) is 2.27. The molecule has 0 amide bonds. The maximum Gasteiger partial charge on any atom is 0.213 e. The Kier molecular flexibility index (Phi) is 2.69. The number of nitrogens with one attached hydrogen (secondary N) is 1. The molecule has 0 aliphatic heterocycles.